The average molecular weight is 253 g/mol. The van der Waals surface area contributed by atoms with Gasteiger partial charge < -0.3 is 14.8 Å². The molecule has 1 rings (SSSR count). The van der Waals surface area contributed by atoms with E-state index in [9.17, 15) is 13.2 Å². The van der Waals surface area contributed by atoms with Gasteiger partial charge in [0.05, 0.1) is 20.3 Å². The van der Waals surface area contributed by atoms with Crippen molar-refractivity contribution >= 4 is 16.3 Å². The van der Waals surface area contributed by atoms with Crippen molar-refractivity contribution in [3.8, 4) is 0 Å². The van der Waals surface area contributed by atoms with E-state index in [2.05, 4.69) is 14.8 Å². The van der Waals surface area contributed by atoms with E-state index in [1.807, 2.05) is 0 Å². The molecule has 0 radical (unpaired) electrons. The number of nitrogens with one attached hydrogen (secondary N) is 3. The lowest BCUT2D eigenvalue weighted by Gasteiger charge is -2.23. The van der Waals surface area contributed by atoms with Crippen LogP contribution in [0.3, 0.4) is 0 Å². The van der Waals surface area contributed by atoms with Crippen molar-refractivity contribution in [1.29, 1.82) is 0 Å². The number of methoxy groups -OCH3 is 1. The lowest BCUT2D eigenvalue weighted by molar-refractivity contribution is 0.0783. The SMILES string of the molecule is COC(=O)NS(=O)(=O)NCC1COCCN1. The first kappa shape index (κ1) is 13.2. The summed E-state index contributed by atoms with van der Waals surface area (Å²) in [6.45, 7) is 1.87. The molecule has 1 saturated heterocycles. The molecule has 16 heavy (non-hydrogen) atoms. The lowest BCUT2D eigenvalue weighted by Crippen LogP contribution is -2.50. The highest BCUT2D eigenvalue weighted by Gasteiger charge is 2.18. The van der Waals surface area contributed by atoms with Crippen LogP contribution in [0.2, 0.25) is 0 Å². The Labute approximate surface area is 93.9 Å². The first-order valence-corrected chi connectivity index (χ1v) is 6.18. The van der Waals surface area contributed by atoms with E-state index >= 15 is 0 Å². The molecule has 9 heteroatoms. The van der Waals surface area contributed by atoms with E-state index < -0.39 is 16.3 Å². The highest BCUT2D eigenvalue weighted by Crippen LogP contribution is 1.92. The third kappa shape index (κ3) is 4.75. The lowest BCUT2D eigenvalue weighted by atomic mass is 10.3. The van der Waals surface area contributed by atoms with Crippen LogP contribution in [0.4, 0.5) is 4.79 Å². The molecule has 0 spiro atoms. The predicted molar refractivity (Wildman–Crippen MR) is 55.1 cm³/mol. The van der Waals surface area contributed by atoms with Gasteiger partial charge in [-0.2, -0.15) is 13.1 Å². The zero-order chi connectivity index (χ0) is 12.0. The van der Waals surface area contributed by atoms with Crippen molar-refractivity contribution in [2.75, 3.05) is 33.4 Å². The van der Waals surface area contributed by atoms with E-state index in [-0.39, 0.29) is 12.6 Å². The van der Waals surface area contributed by atoms with Crippen LogP contribution in [0.5, 0.6) is 0 Å². The molecule has 1 amide bonds. The van der Waals surface area contributed by atoms with Crippen LogP contribution in [0.15, 0.2) is 0 Å². The maximum Gasteiger partial charge on any atom is 0.421 e. The van der Waals surface area contributed by atoms with E-state index in [4.69, 9.17) is 4.74 Å². The van der Waals surface area contributed by atoms with Crippen LogP contribution in [-0.4, -0.2) is 54.0 Å². The molecule has 1 atom stereocenters. The van der Waals surface area contributed by atoms with Crippen molar-refractivity contribution in [3.05, 3.63) is 0 Å². The molecule has 8 nitrogen and oxygen atoms in total. The number of hydrogen-bond donors (Lipinski definition) is 3. The standard InChI is InChI=1S/C7H15N3O5S/c1-14-7(11)10-16(12,13)9-4-6-5-15-3-2-8-6/h6,8-9H,2-5H2,1H3,(H,10,11). The molecular weight excluding hydrogens is 238 g/mol. The molecule has 1 aliphatic rings. The summed E-state index contributed by atoms with van der Waals surface area (Å²) in [5.74, 6) is 0. The molecule has 0 bridgehead atoms. The number of rotatable bonds is 4. The molecule has 1 fully saturated rings. The van der Waals surface area contributed by atoms with Gasteiger partial charge in [-0.1, -0.05) is 0 Å². The van der Waals surface area contributed by atoms with Crippen LogP contribution >= 0.6 is 0 Å². The topological polar surface area (TPSA) is 106 Å². The van der Waals surface area contributed by atoms with E-state index in [1.54, 1.807) is 4.72 Å². The molecular formula is C7H15N3O5S. The molecule has 1 aliphatic heterocycles. The quantitative estimate of drug-likeness (QED) is 0.544. The first-order valence-electron chi connectivity index (χ1n) is 4.70. The van der Waals surface area contributed by atoms with E-state index in [0.717, 1.165) is 7.11 Å². The maximum atomic E-state index is 11.3. The van der Waals surface area contributed by atoms with Crippen LogP contribution in [-0.2, 0) is 19.7 Å². The Morgan fingerprint density at radius 2 is 2.38 bits per heavy atom. The maximum absolute atomic E-state index is 11.3. The van der Waals surface area contributed by atoms with Crippen molar-refractivity contribution in [2.45, 2.75) is 6.04 Å². The molecule has 0 aromatic rings. The molecule has 0 saturated carbocycles. The van der Waals surface area contributed by atoms with Crippen LogP contribution in [0, 0.1) is 0 Å². The number of morpholine rings is 1. The Balaban J connectivity index is 2.32. The summed E-state index contributed by atoms with van der Waals surface area (Å²) < 4.78 is 35.7. The van der Waals surface area contributed by atoms with Crippen molar-refractivity contribution in [1.82, 2.24) is 14.8 Å². The molecule has 0 aliphatic carbocycles. The monoisotopic (exact) mass is 253 g/mol. The van der Waals surface area contributed by atoms with Gasteiger partial charge in [-0.3, -0.25) is 0 Å². The summed E-state index contributed by atoms with van der Waals surface area (Å²) in [4.78, 5) is 10.7. The van der Waals surface area contributed by atoms with Gasteiger partial charge >= 0.3 is 16.3 Å². The fourth-order valence-corrected chi connectivity index (χ4v) is 1.94. The number of ether oxygens (including phenoxy) is 2. The Morgan fingerprint density at radius 3 is 2.94 bits per heavy atom. The van der Waals surface area contributed by atoms with Crippen LogP contribution in [0.25, 0.3) is 0 Å². The molecule has 0 aromatic carbocycles. The second-order valence-electron chi connectivity index (χ2n) is 3.17. The van der Waals surface area contributed by atoms with Gasteiger partial charge in [-0.25, -0.2) is 9.52 Å². The Bertz CT molecular complexity index is 325. The zero-order valence-corrected chi connectivity index (χ0v) is 9.67. The van der Waals surface area contributed by atoms with Crippen molar-refractivity contribution in [3.63, 3.8) is 0 Å². The third-order valence-electron chi connectivity index (χ3n) is 1.92. The minimum absolute atomic E-state index is 0.0945. The van der Waals surface area contributed by atoms with Gasteiger partial charge in [0.1, 0.15) is 0 Å². The summed E-state index contributed by atoms with van der Waals surface area (Å²) in [6.07, 6.45) is -1.03. The van der Waals surface area contributed by atoms with Crippen molar-refractivity contribution < 1.29 is 22.7 Å². The minimum Gasteiger partial charge on any atom is -0.452 e. The van der Waals surface area contributed by atoms with Crippen LogP contribution < -0.4 is 14.8 Å². The number of carbonyl (C=O) groups is 1. The molecule has 1 unspecified atom stereocenters. The predicted octanol–water partition coefficient (Wildman–Crippen LogP) is -1.83. The second kappa shape index (κ2) is 5.99. The van der Waals surface area contributed by atoms with Gasteiger partial charge in [0, 0.05) is 19.1 Å². The Morgan fingerprint density at radius 1 is 1.62 bits per heavy atom. The summed E-state index contributed by atoms with van der Waals surface area (Å²) in [5.41, 5.74) is 0. The zero-order valence-electron chi connectivity index (χ0n) is 8.86. The first-order chi connectivity index (χ1) is 7.53. The van der Waals surface area contributed by atoms with Gasteiger partial charge in [0.25, 0.3) is 0 Å². The molecule has 94 valence electrons. The second-order valence-corrected chi connectivity index (χ2v) is 4.67. The van der Waals surface area contributed by atoms with E-state index in [0.29, 0.717) is 19.8 Å². The normalized spacial score (nSPS) is 21.4. The summed E-state index contributed by atoms with van der Waals surface area (Å²) in [5, 5.41) is 3.06. The van der Waals surface area contributed by atoms with Crippen LogP contribution in [0.1, 0.15) is 0 Å². The molecule has 1 heterocycles. The minimum atomic E-state index is -3.86. The number of amides is 1. The van der Waals surface area contributed by atoms with E-state index in [1.165, 1.54) is 0 Å². The summed E-state index contributed by atoms with van der Waals surface area (Å²) >= 11 is 0. The Hall–Kier alpha value is -0.900. The van der Waals surface area contributed by atoms with Gasteiger partial charge in [-0.15, -0.1) is 0 Å². The van der Waals surface area contributed by atoms with Gasteiger partial charge in [0.15, 0.2) is 0 Å². The van der Waals surface area contributed by atoms with Gasteiger partial charge in [0.2, 0.25) is 0 Å². The highest BCUT2D eigenvalue weighted by molar-refractivity contribution is 7.88. The third-order valence-corrected chi connectivity index (χ3v) is 2.90. The smallest absolute Gasteiger partial charge is 0.421 e. The molecule has 3 N–H and O–H groups in total. The average Bonchev–Trinajstić information content (AvgIpc) is 2.27. The number of hydrogen-bond acceptors (Lipinski definition) is 6. The van der Waals surface area contributed by atoms with Gasteiger partial charge in [-0.05, 0) is 0 Å². The molecule has 0 aromatic heterocycles. The number of carbonyl (C=O) groups excluding carboxylic acids is 1. The fraction of sp³-hybridized carbons (Fsp3) is 0.857. The fourth-order valence-electron chi connectivity index (χ4n) is 1.15. The largest absolute Gasteiger partial charge is 0.452 e. The van der Waals surface area contributed by atoms with Crippen molar-refractivity contribution in [2.24, 2.45) is 0 Å². The summed E-state index contributed by atoms with van der Waals surface area (Å²) in [6, 6.07) is -0.0945. The Kier molecular flexibility index (Phi) is 4.93. The summed E-state index contributed by atoms with van der Waals surface area (Å²) in [7, 11) is -2.78. The highest BCUT2D eigenvalue weighted by atomic mass is 32.2.